The van der Waals surface area contributed by atoms with E-state index in [0.29, 0.717) is 17.3 Å². The van der Waals surface area contributed by atoms with Gasteiger partial charge in [0.1, 0.15) is 5.01 Å². The van der Waals surface area contributed by atoms with Crippen LogP contribution in [-0.2, 0) is 16.0 Å². The molecular weight excluding hydrogens is 369 g/mol. The van der Waals surface area contributed by atoms with Crippen molar-refractivity contribution in [2.45, 2.75) is 25.9 Å². The molecule has 1 aromatic carbocycles. The molecule has 0 fully saturated rings. The molecule has 2 aromatic rings. The minimum atomic E-state index is -4.30. The number of carbonyl (C=O) groups excluding carboxylic acids is 2. The lowest BCUT2D eigenvalue weighted by Gasteiger charge is -2.08. The van der Waals surface area contributed by atoms with Crippen LogP contribution in [0.4, 0.5) is 13.2 Å². The van der Waals surface area contributed by atoms with Crippen LogP contribution in [0.25, 0.3) is 11.3 Å². The summed E-state index contributed by atoms with van der Waals surface area (Å²) in [5, 5.41) is 4.63. The van der Waals surface area contributed by atoms with E-state index in [-0.39, 0.29) is 18.0 Å². The molecule has 1 N–H and O–H groups in total. The number of esters is 1. The zero-order chi connectivity index (χ0) is 19.2. The highest BCUT2D eigenvalue weighted by Crippen LogP contribution is 2.23. The van der Waals surface area contributed by atoms with Crippen LogP contribution in [-0.4, -0.2) is 36.2 Å². The van der Waals surface area contributed by atoms with Gasteiger partial charge in [-0.3, -0.25) is 9.59 Å². The van der Waals surface area contributed by atoms with Gasteiger partial charge in [-0.25, -0.2) is 4.98 Å². The second-order valence-corrected chi connectivity index (χ2v) is 6.25. The second kappa shape index (κ2) is 8.79. The van der Waals surface area contributed by atoms with Gasteiger partial charge in [0.05, 0.1) is 25.1 Å². The molecule has 1 heterocycles. The molecule has 0 radical (unpaired) electrons. The smallest absolute Gasteiger partial charge is 0.390 e. The summed E-state index contributed by atoms with van der Waals surface area (Å²) in [6.45, 7) is 1.57. The first-order valence-corrected chi connectivity index (χ1v) is 8.72. The zero-order valence-corrected chi connectivity index (χ0v) is 14.7. The third kappa shape index (κ3) is 6.14. The monoisotopic (exact) mass is 386 g/mol. The second-order valence-electron chi connectivity index (χ2n) is 5.31. The number of thiazole rings is 1. The maximum Gasteiger partial charge on any atom is 0.390 e. The number of alkyl halides is 3. The Kier molecular flexibility index (Phi) is 6.73. The number of halogens is 3. The Hall–Kier alpha value is -2.42. The van der Waals surface area contributed by atoms with E-state index in [1.165, 1.54) is 23.5 Å². The Balaban J connectivity index is 1.95. The molecule has 0 spiro atoms. The summed E-state index contributed by atoms with van der Waals surface area (Å²) < 4.78 is 41.1. The summed E-state index contributed by atoms with van der Waals surface area (Å²) >= 11 is 1.32. The first-order valence-electron chi connectivity index (χ1n) is 7.84. The van der Waals surface area contributed by atoms with Crippen LogP contribution < -0.4 is 5.32 Å². The van der Waals surface area contributed by atoms with E-state index >= 15 is 0 Å². The van der Waals surface area contributed by atoms with Crippen LogP contribution >= 0.6 is 11.3 Å². The van der Waals surface area contributed by atoms with Crippen molar-refractivity contribution in [3.05, 3.63) is 40.2 Å². The van der Waals surface area contributed by atoms with Gasteiger partial charge in [-0.2, -0.15) is 13.2 Å². The first-order chi connectivity index (χ1) is 12.3. The van der Waals surface area contributed by atoms with E-state index in [0.717, 1.165) is 5.56 Å². The highest BCUT2D eigenvalue weighted by atomic mass is 32.1. The number of hydrogen-bond acceptors (Lipinski definition) is 5. The molecule has 1 aromatic heterocycles. The topological polar surface area (TPSA) is 68.3 Å². The van der Waals surface area contributed by atoms with Gasteiger partial charge < -0.3 is 10.1 Å². The summed E-state index contributed by atoms with van der Waals surface area (Å²) in [5.41, 5.74) is 1.65. The molecule has 26 heavy (non-hydrogen) atoms. The quantitative estimate of drug-likeness (QED) is 0.739. The first kappa shape index (κ1) is 19.9. The number of rotatable bonds is 7. The van der Waals surface area contributed by atoms with E-state index in [4.69, 9.17) is 4.74 Å². The number of aromatic nitrogens is 1. The Morgan fingerprint density at radius 3 is 2.54 bits per heavy atom. The van der Waals surface area contributed by atoms with Gasteiger partial charge >= 0.3 is 12.1 Å². The van der Waals surface area contributed by atoms with Gasteiger partial charge in [-0.1, -0.05) is 12.1 Å². The molecule has 0 aliphatic carbocycles. The van der Waals surface area contributed by atoms with Crippen molar-refractivity contribution in [3.63, 3.8) is 0 Å². The maximum absolute atomic E-state index is 12.1. The van der Waals surface area contributed by atoms with Crippen molar-refractivity contribution in [2.75, 3.05) is 13.2 Å². The summed E-state index contributed by atoms with van der Waals surface area (Å²) in [4.78, 5) is 27.6. The van der Waals surface area contributed by atoms with Crippen molar-refractivity contribution >= 4 is 23.2 Å². The molecular formula is C17H17F3N2O3S. The number of ether oxygens (including phenoxy) is 1. The number of amides is 1. The normalized spacial score (nSPS) is 11.2. The van der Waals surface area contributed by atoms with Gasteiger partial charge in [0, 0.05) is 23.1 Å². The third-order valence-corrected chi connectivity index (χ3v) is 4.14. The Morgan fingerprint density at radius 2 is 1.92 bits per heavy atom. The average Bonchev–Trinajstić information content (AvgIpc) is 3.02. The van der Waals surface area contributed by atoms with E-state index < -0.39 is 25.0 Å². The molecule has 0 unspecified atom stereocenters. The van der Waals surface area contributed by atoms with E-state index in [1.807, 2.05) is 0 Å². The van der Waals surface area contributed by atoms with Crippen LogP contribution in [0.3, 0.4) is 0 Å². The summed E-state index contributed by atoms with van der Waals surface area (Å²) in [7, 11) is 0. The SMILES string of the molecule is CCOC(=O)Cc1nc(-c2ccc(C(=O)NCCC(F)(F)F)cc2)cs1. The Labute approximate surface area is 152 Å². The van der Waals surface area contributed by atoms with E-state index in [9.17, 15) is 22.8 Å². The molecule has 0 aliphatic rings. The van der Waals surface area contributed by atoms with Crippen LogP contribution in [0.15, 0.2) is 29.6 Å². The summed E-state index contributed by atoms with van der Waals surface area (Å²) in [6.07, 6.45) is -5.28. The minimum Gasteiger partial charge on any atom is -0.466 e. The average molecular weight is 386 g/mol. The molecule has 2 rings (SSSR count). The van der Waals surface area contributed by atoms with Gasteiger partial charge in [0.2, 0.25) is 0 Å². The largest absolute Gasteiger partial charge is 0.466 e. The fourth-order valence-electron chi connectivity index (χ4n) is 2.07. The minimum absolute atomic E-state index is 0.0954. The third-order valence-electron chi connectivity index (χ3n) is 3.29. The Morgan fingerprint density at radius 1 is 1.23 bits per heavy atom. The molecule has 1 amide bonds. The number of carbonyl (C=O) groups is 2. The van der Waals surface area contributed by atoms with Crippen LogP contribution in [0, 0.1) is 0 Å². The lowest BCUT2D eigenvalue weighted by Crippen LogP contribution is -2.27. The molecule has 0 bridgehead atoms. The Bertz CT molecular complexity index is 757. The predicted molar refractivity (Wildman–Crippen MR) is 90.9 cm³/mol. The molecule has 0 saturated carbocycles. The molecule has 5 nitrogen and oxygen atoms in total. The summed E-state index contributed by atoms with van der Waals surface area (Å²) in [5.74, 6) is -0.915. The van der Waals surface area contributed by atoms with Gasteiger partial charge in [-0.05, 0) is 19.1 Å². The van der Waals surface area contributed by atoms with Gasteiger partial charge in [0.15, 0.2) is 0 Å². The fraction of sp³-hybridized carbons (Fsp3) is 0.353. The van der Waals surface area contributed by atoms with Crippen molar-refractivity contribution in [3.8, 4) is 11.3 Å². The molecule has 140 valence electrons. The van der Waals surface area contributed by atoms with Crippen LogP contribution in [0.5, 0.6) is 0 Å². The van der Waals surface area contributed by atoms with E-state index in [2.05, 4.69) is 10.3 Å². The standard InChI is InChI=1S/C17H17F3N2O3S/c1-2-25-15(23)9-14-22-13(10-26-14)11-3-5-12(6-4-11)16(24)21-8-7-17(18,19)20/h3-6,10H,2,7-9H2,1H3,(H,21,24). The number of nitrogens with zero attached hydrogens (tertiary/aromatic N) is 1. The van der Waals surface area contributed by atoms with E-state index in [1.54, 1.807) is 24.4 Å². The van der Waals surface area contributed by atoms with Crippen LogP contribution in [0.2, 0.25) is 0 Å². The highest BCUT2D eigenvalue weighted by molar-refractivity contribution is 7.10. The molecule has 9 heteroatoms. The fourth-order valence-corrected chi connectivity index (χ4v) is 2.86. The zero-order valence-electron chi connectivity index (χ0n) is 13.9. The van der Waals surface area contributed by atoms with Crippen molar-refractivity contribution in [1.29, 1.82) is 0 Å². The molecule has 0 atom stereocenters. The maximum atomic E-state index is 12.1. The van der Waals surface area contributed by atoms with Crippen molar-refractivity contribution in [2.24, 2.45) is 0 Å². The number of nitrogens with one attached hydrogen (secondary N) is 1. The van der Waals surface area contributed by atoms with Crippen LogP contribution in [0.1, 0.15) is 28.7 Å². The predicted octanol–water partition coefficient (Wildman–Crippen LogP) is 3.60. The lowest BCUT2D eigenvalue weighted by atomic mass is 10.1. The number of hydrogen-bond donors (Lipinski definition) is 1. The van der Waals surface area contributed by atoms with Gasteiger partial charge in [0.25, 0.3) is 5.91 Å². The summed E-state index contributed by atoms with van der Waals surface area (Å²) in [6, 6.07) is 6.34. The molecule has 0 saturated heterocycles. The molecule has 0 aliphatic heterocycles. The van der Waals surface area contributed by atoms with Crippen molar-refractivity contribution in [1.82, 2.24) is 10.3 Å². The van der Waals surface area contributed by atoms with Gasteiger partial charge in [-0.15, -0.1) is 11.3 Å². The lowest BCUT2D eigenvalue weighted by molar-refractivity contribution is -0.142. The number of benzene rings is 1. The highest BCUT2D eigenvalue weighted by Gasteiger charge is 2.26. The van der Waals surface area contributed by atoms with Crippen molar-refractivity contribution < 1.29 is 27.5 Å².